The van der Waals surface area contributed by atoms with Gasteiger partial charge in [-0.05, 0) is 90.2 Å². The monoisotopic (exact) mass is 698 g/mol. The predicted molar refractivity (Wildman–Crippen MR) is 193 cm³/mol. The number of likely N-dealkylation sites (tertiary alicyclic amines) is 1. The largest absolute Gasteiger partial charge is 0.464 e. The number of ether oxygens (including phenoxy) is 1. The molecule has 52 heavy (non-hydrogen) atoms. The molecule has 0 spiro atoms. The molecule has 4 atom stereocenters. The highest BCUT2D eigenvalue weighted by Gasteiger charge is 2.44. The number of fused-ring (bicyclic) bond motifs is 4. The lowest BCUT2D eigenvalue weighted by Gasteiger charge is -2.39. The Hall–Kier alpha value is -5.85. The Balaban J connectivity index is 0.950. The van der Waals surface area contributed by atoms with E-state index in [4.69, 9.17) is 4.74 Å². The minimum absolute atomic E-state index is 0.0146. The number of aliphatic hydroxyl groups is 1. The van der Waals surface area contributed by atoms with Gasteiger partial charge in [-0.1, -0.05) is 24.3 Å². The van der Waals surface area contributed by atoms with Crippen LogP contribution in [0.15, 0.2) is 97.5 Å². The van der Waals surface area contributed by atoms with Crippen molar-refractivity contribution in [2.24, 2.45) is 5.92 Å². The first kappa shape index (κ1) is 33.3. The Kier molecular flexibility index (Phi) is 9.00. The lowest BCUT2D eigenvalue weighted by atomic mass is 9.82. The van der Waals surface area contributed by atoms with Crippen molar-refractivity contribution in [1.29, 1.82) is 0 Å². The second-order valence-corrected chi connectivity index (χ2v) is 13.6. The fraction of sp³-hybridized carbons (Fsp3) is 0.275. The Morgan fingerprint density at radius 2 is 1.83 bits per heavy atom. The average molecular weight is 699 g/mol. The van der Waals surface area contributed by atoms with Gasteiger partial charge in [0, 0.05) is 65.9 Å². The second-order valence-electron chi connectivity index (χ2n) is 13.6. The molecule has 4 aliphatic heterocycles. The van der Waals surface area contributed by atoms with E-state index in [2.05, 4.69) is 44.0 Å². The molecule has 4 aliphatic rings. The smallest absolute Gasteiger partial charge is 0.255 e. The Morgan fingerprint density at radius 1 is 1.00 bits per heavy atom. The summed E-state index contributed by atoms with van der Waals surface area (Å²) in [5, 5.41) is 19.0. The number of aromatic nitrogens is 1. The molecule has 1 unspecified atom stereocenters. The van der Waals surface area contributed by atoms with Crippen LogP contribution in [0.2, 0.25) is 0 Å². The zero-order valence-corrected chi connectivity index (χ0v) is 28.3. The molecule has 0 radical (unpaired) electrons. The fourth-order valence-electron chi connectivity index (χ4n) is 8.03. The molecule has 4 N–H and O–H groups in total. The number of pyridine rings is 1. The summed E-state index contributed by atoms with van der Waals surface area (Å²) >= 11 is 0. The van der Waals surface area contributed by atoms with Crippen molar-refractivity contribution in [2.45, 2.75) is 50.5 Å². The van der Waals surface area contributed by atoms with Gasteiger partial charge in [0.15, 0.2) is 0 Å². The van der Waals surface area contributed by atoms with Crippen LogP contribution in [0.1, 0.15) is 52.4 Å². The van der Waals surface area contributed by atoms with Gasteiger partial charge in [-0.15, -0.1) is 0 Å². The normalized spacial score (nSPS) is 22.4. The van der Waals surface area contributed by atoms with Gasteiger partial charge < -0.3 is 25.4 Å². The van der Waals surface area contributed by atoms with E-state index in [1.165, 1.54) is 28.4 Å². The molecule has 0 aliphatic carbocycles. The molecule has 2 fully saturated rings. The summed E-state index contributed by atoms with van der Waals surface area (Å²) in [6.45, 7) is 1.97. The molecular formula is C40H38N6O6. The lowest BCUT2D eigenvalue weighted by molar-refractivity contribution is -0.137. The summed E-state index contributed by atoms with van der Waals surface area (Å²) in [6, 6.07) is 22.6. The van der Waals surface area contributed by atoms with Crippen LogP contribution in [0.5, 0.6) is 5.75 Å². The van der Waals surface area contributed by atoms with Crippen LogP contribution in [0.4, 0.5) is 11.4 Å². The highest BCUT2D eigenvalue weighted by molar-refractivity contribution is 6.05. The number of nitrogens with zero attached hydrogens (tertiary/aromatic N) is 3. The van der Waals surface area contributed by atoms with Gasteiger partial charge in [-0.3, -0.25) is 34.4 Å². The summed E-state index contributed by atoms with van der Waals surface area (Å²) in [4.78, 5) is 58.2. The summed E-state index contributed by atoms with van der Waals surface area (Å²) in [5.74, 6) is -0.836. The number of rotatable bonds is 9. The number of amides is 4. The van der Waals surface area contributed by atoms with Crippen LogP contribution in [0.3, 0.4) is 0 Å². The summed E-state index contributed by atoms with van der Waals surface area (Å²) < 4.78 is 5.82. The van der Waals surface area contributed by atoms with Crippen molar-refractivity contribution in [1.82, 2.24) is 20.1 Å². The van der Waals surface area contributed by atoms with Gasteiger partial charge >= 0.3 is 0 Å². The number of carbonyl (C=O) groups is 4. The van der Waals surface area contributed by atoms with E-state index in [1.807, 2.05) is 48.8 Å². The van der Waals surface area contributed by atoms with Crippen molar-refractivity contribution >= 4 is 35.0 Å². The number of hydrogen-bond donors (Lipinski definition) is 4. The van der Waals surface area contributed by atoms with Crippen LogP contribution in [0.25, 0.3) is 11.1 Å². The molecule has 5 heterocycles. The molecule has 1 aromatic heterocycles. The van der Waals surface area contributed by atoms with Gasteiger partial charge in [0.2, 0.25) is 11.8 Å². The third-order valence-corrected chi connectivity index (χ3v) is 10.5. The molecule has 0 saturated carbocycles. The molecule has 12 nitrogen and oxygen atoms in total. The van der Waals surface area contributed by atoms with Gasteiger partial charge in [0.1, 0.15) is 11.8 Å². The Labute approximate surface area is 300 Å². The molecular weight excluding hydrogens is 660 g/mol. The van der Waals surface area contributed by atoms with E-state index < -0.39 is 17.9 Å². The van der Waals surface area contributed by atoms with E-state index in [9.17, 15) is 24.3 Å². The first-order chi connectivity index (χ1) is 25.4. The number of carbonyl (C=O) groups excluding carboxylic acids is 4. The van der Waals surface area contributed by atoms with Crippen molar-refractivity contribution in [3.05, 3.63) is 120 Å². The standard InChI is InChI=1S/C40H38N6O6/c47-23-33-29-13-17-45(21-24-11-15-41-16-12-24)38(29)30-20-26(7-8-32(30)43-33)25-3-1-4-27(19-25)42-37(49)14-18-52-35-6-2-5-28-31(35)22-46(40(28)51)34-9-10-36(48)44-39(34)50/h1-8,11-12,14-16,18-20,29,33-34,38,43,47H,9-10,13,17,21-23H2,(H,42,49)(H,44,48,50)/t29-,33-,34?,38-/m1/s1. The number of hydrogen-bond acceptors (Lipinski definition) is 9. The third kappa shape index (κ3) is 6.42. The minimum atomic E-state index is -0.731. The fourth-order valence-corrected chi connectivity index (χ4v) is 8.03. The zero-order valence-electron chi connectivity index (χ0n) is 28.3. The third-order valence-electron chi connectivity index (χ3n) is 10.5. The van der Waals surface area contributed by atoms with Crippen LogP contribution >= 0.6 is 0 Å². The second kappa shape index (κ2) is 14.0. The number of imide groups is 1. The number of benzene rings is 3. The predicted octanol–water partition coefficient (Wildman–Crippen LogP) is 4.39. The average Bonchev–Trinajstić information content (AvgIpc) is 3.73. The molecule has 8 rings (SSSR count). The van der Waals surface area contributed by atoms with E-state index in [1.54, 1.807) is 18.2 Å². The van der Waals surface area contributed by atoms with Gasteiger partial charge in [0.05, 0.1) is 25.5 Å². The van der Waals surface area contributed by atoms with Crippen LogP contribution in [-0.4, -0.2) is 68.8 Å². The van der Waals surface area contributed by atoms with Gasteiger partial charge in [-0.25, -0.2) is 0 Å². The number of aliphatic hydroxyl groups excluding tert-OH is 1. The van der Waals surface area contributed by atoms with Crippen molar-refractivity contribution in [3.8, 4) is 16.9 Å². The van der Waals surface area contributed by atoms with Gasteiger partial charge in [-0.2, -0.15) is 0 Å². The van der Waals surface area contributed by atoms with Crippen LogP contribution < -0.4 is 20.7 Å². The zero-order chi connectivity index (χ0) is 35.8. The summed E-state index contributed by atoms with van der Waals surface area (Å²) in [7, 11) is 0. The summed E-state index contributed by atoms with van der Waals surface area (Å²) in [6.07, 6.45) is 7.62. The number of piperidine rings is 1. The first-order valence-electron chi connectivity index (χ1n) is 17.5. The minimum Gasteiger partial charge on any atom is -0.464 e. The highest BCUT2D eigenvalue weighted by Crippen LogP contribution is 2.48. The van der Waals surface area contributed by atoms with E-state index >= 15 is 0 Å². The van der Waals surface area contributed by atoms with Gasteiger partial charge in [0.25, 0.3) is 11.8 Å². The highest BCUT2D eigenvalue weighted by atomic mass is 16.5. The Bertz CT molecular complexity index is 2090. The number of anilines is 2. The van der Waals surface area contributed by atoms with E-state index in [0.29, 0.717) is 22.6 Å². The van der Waals surface area contributed by atoms with Crippen molar-refractivity contribution in [3.63, 3.8) is 0 Å². The molecule has 12 heteroatoms. The molecule has 4 amide bonds. The maximum absolute atomic E-state index is 13.1. The molecule has 264 valence electrons. The maximum atomic E-state index is 13.1. The first-order valence-corrected chi connectivity index (χ1v) is 17.5. The van der Waals surface area contributed by atoms with Crippen LogP contribution in [-0.2, 0) is 27.5 Å². The SMILES string of the molecule is O=C(C=COc1cccc2c1CN(C1CCC(=O)NC1=O)C2=O)Nc1cccc(-c2ccc3c(c2)[C@H]2[C@H](CCN2Cc2ccncc2)[C@@H](CO)N3)c1. The van der Waals surface area contributed by atoms with E-state index in [0.717, 1.165) is 36.3 Å². The molecule has 0 bridgehead atoms. The number of nitrogens with one attached hydrogen (secondary N) is 3. The topological polar surface area (TPSA) is 153 Å². The quantitative estimate of drug-likeness (QED) is 0.113. The Morgan fingerprint density at radius 3 is 2.65 bits per heavy atom. The molecule has 3 aromatic carbocycles. The maximum Gasteiger partial charge on any atom is 0.255 e. The van der Waals surface area contributed by atoms with Crippen molar-refractivity contribution < 1.29 is 29.0 Å². The summed E-state index contributed by atoms with van der Waals surface area (Å²) in [5.41, 5.74) is 7.05. The molecule has 4 aromatic rings. The molecule has 2 saturated heterocycles. The lowest BCUT2D eigenvalue weighted by Crippen LogP contribution is -2.52. The van der Waals surface area contributed by atoms with Crippen molar-refractivity contribution in [2.75, 3.05) is 23.8 Å². The van der Waals surface area contributed by atoms with E-state index in [-0.39, 0.29) is 55.8 Å². The van der Waals surface area contributed by atoms with Crippen LogP contribution in [0, 0.1) is 5.92 Å².